The van der Waals surface area contributed by atoms with Crippen molar-refractivity contribution in [3.8, 4) is 0 Å². The molecular formula is C31H33N3O4. The van der Waals surface area contributed by atoms with Crippen molar-refractivity contribution in [3.05, 3.63) is 107 Å². The number of nitrogens with one attached hydrogen (secondary N) is 1. The summed E-state index contributed by atoms with van der Waals surface area (Å²) in [4.78, 5) is 43.8. The molecule has 2 aliphatic heterocycles. The summed E-state index contributed by atoms with van der Waals surface area (Å²) in [5.41, 5.74) is 2.43. The summed E-state index contributed by atoms with van der Waals surface area (Å²) < 4.78 is 6.31. The summed E-state index contributed by atoms with van der Waals surface area (Å²) in [5, 5.41) is 2.99. The Morgan fingerprint density at radius 2 is 1.47 bits per heavy atom. The van der Waals surface area contributed by atoms with E-state index >= 15 is 0 Å². The third-order valence-electron chi connectivity index (χ3n) is 7.56. The lowest BCUT2D eigenvalue weighted by Gasteiger charge is -2.44. The molecule has 3 aromatic rings. The minimum absolute atomic E-state index is 0.0537. The molecule has 2 heterocycles. The smallest absolute Gasteiger partial charge is 0.257 e. The van der Waals surface area contributed by atoms with Crippen LogP contribution in [0.5, 0.6) is 0 Å². The molecule has 38 heavy (non-hydrogen) atoms. The first kappa shape index (κ1) is 25.7. The molecule has 2 fully saturated rings. The van der Waals surface area contributed by atoms with Crippen molar-refractivity contribution in [1.82, 2.24) is 15.1 Å². The Labute approximate surface area is 223 Å². The predicted octanol–water partition coefficient (Wildman–Crippen LogP) is 3.71. The van der Waals surface area contributed by atoms with E-state index in [0.717, 1.165) is 16.7 Å². The van der Waals surface area contributed by atoms with Crippen molar-refractivity contribution in [2.24, 2.45) is 0 Å². The van der Waals surface area contributed by atoms with Gasteiger partial charge in [-0.25, -0.2) is 0 Å². The zero-order chi connectivity index (χ0) is 26.5. The number of rotatable bonds is 6. The third kappa shape index (κ3) is 5.34. The largest absolute Gasteiger partial charge is 0.353 e. The van der Waals surface area contributed by atoms with Gasteiger partial charge in [-0.15, -0.1) is 0 Å². The van der Waals surface area contributed by atoms with E-state index in [0.29, 0.717) is 44.5 Å². The highest BCUT2D eigenvalue weighted by Crippen LogP contribution is 2.39. The number of carbonyl (C=O) groups is 3. The Balaban J connectivity index is 1.34. The van der Waals surface area contributed by atoms with Gasteiger partial charge in [0.1, 0.15) is 11.8 Å². The number of piperidine rings is 1. The molecule has 5 rings (SSSR count). The lowest BCUT2D eigenvalue weighted by Crippen LogP contribution is -2.60. The lowest BCUT2D eigenvalue weighted by molar-refractivity contribution is -0.143. The van der Waals surface area contributed by atoms with Gasteiger partial charge in [0.25, 0.3) is 5.91 Å². The number of hydrogen-bond acceptors (Lipinski definition) is 4. The third-order valence-corrected chi connectivity index (χ3v) is 7.56. The first-order chi connectivity index (χ1) is 18.5. The number of benzene rings is 3. The van der Waals surface area contributed by atoms with E-state index in [1.54, 1.807) is 11.0 Å². The molecule has 2 saturated heterocycles. The fourth-order valence-electron chi connectivity index (χ4n) is 5.40. The average molecular weight is 512 g/mol. The van der Waals surface area contributed by atoms with Gasteiger partial charge in [-0.1, -0.05) is 78.9 Å². The molecule has 0 aromatic heterocycles. The minimum Gasteiger partial charge on any atom is -0.353 e. The van der Waals surface area contributed by atoms with Crippen molar-refractivity contribution >= 4 is 17.7 Å². The fourth-order valence-corrected chi connectivity index (χ4v) is 5.40. The zero-order valence-electron chi connectivity index (χ0n) is 21.6. The standard InChI is InChI=1S/C31H33N3O4/c1-23-10-8-9-15-26(23)30(37)34-27(29(36)32-21-25-13-6-3-7-14-25)22-38-31(34)16-18-33(19-17-31)28(35)20-24-11-4-2-5-12-24/h2-15,27H,16-22H2,1H3,(H,32,36)/t27-/m0/s1. The van der Waals surface area contributed by atoms with Crippen LogP contribution in [-0.4, -0.2) is 59.0 Å². The number of nitrogens with zero attached hydrogens (tertiary/aromatic N) is 2. The molecule has 7 heteroatoms. The predicted molar refractivity (Wildman–Crippen MR) is 144 cm³/mol. The van der Waals surface area contributed by atoms with Gasteiger partial charge in [-0.2, -0.15) is 0 Å². The van der Waals surface area contributed by atoms with Crippen LogP contribution >= 0.6 is 0 Å². The van der Waals surface area contributed by atoms with Gasteiger partial charge in [-0.3, -0.25) is 19.3 Å². The van der Waals surface area contributed by atoms with E-state index in [2.05, 4.69) is 5.32 Å². The summed E-state index contributed by atoms with van der Waals surface area (Å²) >= 11 is 0. The van der Waals surface area contributed by atoms with Crippen LogP contribution in [0.1, 0.15) is 39.9 Å². The van der Waals surface area contributed by atoms with Gasteiger partial charge in [0.05, 0.1) is 13.0 Å². The maximum absolute atomic E-state index is 14.0. The quantitative estimate of drug-likeness (QED) is 0.547. The van der Waals surface area contributed by atoms with Gasteiger partial charge in [0.15, 0.2) is 0 Å². The van der Waals surface area contributed by atoms with Crippen molar-refractivity contribution in [2.45, 2.75) is 44.5 Å². The zero-order valence-corrected chi connectivity index (χ0v) is 21.6. The first-order valence-corrected chi connectivity index (χ1v) is 13.1. The average Bonchev–Trinajstić information content (AvgIpc) is 3.31. The van der Waals surface area contributed by atoms with Crippen LogP contribution in [0.3, 0.4) is 0 Å². The molecule has 1 N–H and O–H groups in total. The number of hydrogen-bond donors (Lipinski definition) is 1. The summed E-state index contributed by atoms with van der Waals surface area (Å²) in [5.74, 6) is -0.405. The van der Waals surface area contributed by atoms with Crippen LogP contribution in [-0.2, 0) is 27.3 Å². The van der Waals surface area contributed by atoms with Crippen molar-refractivity contribution < 1.29 is 19.1 Å². The summed E-state index contributed by atoms with van der Waals surface area (Å²) in [7, 11) is 0. The van der Waals surface area contributed by atoms with Crippen LogP contribution in [0.25, 0.3) is 0 Å². The second-order valence-electron chi connectivity index (χ2n) is 10.0. The highest BCUT2D eigenvalue weighted by Gasteiger charge is 2.54. The number of aryl methyl sites for hydroxylation is 1. The van der Waals surface area contributed by atoms with Gasteiger partial charge in [-0.05, 0) is 29.7 Å². The van der Waals surface area contributed by atoms with Gasteiger partial charge >= 0.3 is 0 Å². The number of amides is 3. The number of ether oxygens (including phenoxy) is 1. The maximum Gasteiger partial charge on any atom is 0.257 e. The Bertz CT molecular complexity index is 1290. The minimum atomic E-state index is -0.933. The second-order valence-corrected chi connectivity index (χ2v) is 10.0. The monoisotopic (exact) mass is 511 g/mol. The van der Waals surface area contributed by atoms with Crippen LogP contribution in [0.4, 0.5) is 0 Å². The molecule has 3 aromatic carbocycles. The van der Waals surface area contributed by atoms with Crippen molar-refractivity contribution in [2.75, 3.05) is 19.7 Å². The topological polar surface area (TPSA) is 79.0 Å². The summed E-state index contributed by atoms with van der Waals surface area (Å²) in [6, 6.07) is 26.0. The molecule has 0 aliphatic carbocycles. The lowest BCUT2D eigenvalue weighted by atomic mass is 9.95. The molecule has 3 amide bonds. The summed E-state index contributed by atoms with van der Waals surface area (Å²) in [6.07, 6.45) is 1.24. The molecule has 7 nitrogen and oxygen atoms in total. The molecule has 1 spiro atoms. The maximum atomic E-state index is 14.0. The molecule has 0 radical (unpaired) electrons. The number of carbonyl (C=O) groups excluding carboxylic acids is 3. The van der Waals surface area contributed by atoms with E-state index in [-0.39, 0.29) is 24.3 Å². The Kier molecular flexibility index (Phi) is 7.56. The van der Waals surface area contributed by atoms with E-state index in [9.17, 15) is 14.4 Å². The SMILES string of the molecule is Cc1ccccc1C(=O)N1[C@H](C(=O)NCc2ccccc2)COC12CCN(C(=O)Cc1ccccc1)CC2. The van der Waals surface area contributed by atoms with Crippen LogP contribution < -0.4 is 5.32 Å². The Morgan fingerprint density at radius 1 is 0.868 bits per heavy atom. The Morgan fingerprint density at radius 3 is 2.13 bits per heavy atom. The van der Waals surface area contributed by atoms with Gasteiger partial charge in [0.2, 0.25) is 11.8 Å². The molecule has 196 valence electrons. The molecular weight excluding hydrogens is 478 g/mol. The highest BCUT2D eigenvalue weighted by molar-refractivity contribution is 5.99. The number of likely N-dealkylation sites (tertiary alicyclic amines) is 1. The molecule has 2 aliphatic rings. The molecule has 0 saturated carbocycles. The normalized spacial score (nSPS) is 18.4. The van der Waals surface area contributed by atoms with Crippen LogP contribution in [0, 0.1) is 6.92 Å². The fraction of sp³-hybridized carbons (Fsp3) is 0.323. The van der Waals surface area contributed by atoms with Crippen LogP contribution in [0.2, 0.25) is 0 Å². The Hall–Kier alpha value is -3.97. The molecule has 1 atom stereocenters. The summed E-state index contributed by atoms with van der Waals surface area (Å²) in [6.45, 7) is 3.31. The van der Waals surface area contributed by atoms with Crippen molar-refractivity contribution in [1.29, 1.82) is 0 Å². The van der Waals surface area contributed by atoms with Crippen LogP contribution in [0.15, 0.2) is 84.9 Å². The first-order valence-electron chi connectivity index (χ1n) is 13.1. The van der Waals surface area contributed by atoms with E-state index in [4.69, 9.17) is 4.74 Å². The van der Waals surface area contributed by atoms with E-state index < -0.39 is 11.8 Å². The van der Waals surface area contributed by atoms with E-state index in [1.807, 2.05) is 90.7 Å². The molecule has 0 unspecified atom stereocenters. The van der Waals surface area contributed by atoms with Crippen molar-refractivity contribution in [3.63, 3.8) is 0 Å². The molecule has 0 bridgehead atoms. The van der Waals surface area contributed by atoms with Gasteiger partial charge < -0.3 is 15.0 Å². The second kappa shape index (κ2) is 11.2. The highest BCUT2D eigenvalue weighted by atomic mass is 16.5. The van der Waals surface area contributed by atoms with E-state index in [1.165, 1.54) is 0 Å². The van der Waals surface area contributed by atoms with Gasteiger partial charge in [0, 0.05) is 38.0 Å².